The third-order valence-electron chi connectivity index (χ3n) is 4.48. The van der Waals surface area contributed by atoms with Crippen molar-refractivity contribution in [3.8, 4) is 0 Å². The molecule has 0 bridgehead atoms. The van der Waals surface area contributed by atoms with Gasteiger partial charge in [-0.1, -0.05) is 18.2 Å². The Hall–Kier alpha value is -1.95. The fourth-order valence-corrected chi connectivity index (χ4v) is 3.00. The fourth-order valence-electron chi connectivity index (χ4n) is 3.00. The van der Waals surface area contributed by atoms with Crippen LogP contribution in [-0.2, 0) is 20.7 Å². The third-order valence-corrected chi connectivity index (χ3v) is 4.48. The highest BCUT2D eigenvalue weighted by molar-refractivity contribution is 5.82. The number of rotatable bonds is 6. The first-order valence-electron chi connectivity index (χ1n) is 8.32. The van der Waals surface area contributed by atoms with Gasteiger partial charge in [0.15, 0.2) is 0 Å². The number of amides is 2. The Morgan fingerprint density at radius 2 is 2.08 bits per heavy atom. The third kappa shape index (κ3) is 4.77. The molecule has 0 unspecified atom stereocenters. The summed E-state index contributed by atoms with van der Waals surface area (Å²) in [5, 5.41) is 2.82. The van der Waals surface area contributed by atoms with Crippen molar-refractivity contribution in [1.29, 1.82) is 0 Å². The van der Waals surface area contributed by atoms with Crippen molar-refractivity contribution in [2.75, 3.05) is 26.8 Å². The number of halogens is 1. The van der Waals surface area contributed by atoms with Gasteiger partial charge in [0.05, 0.1) is 18.9 Å². The number of hydrogen-bond acceptors (Lipinski definition) is 3. The largest absolute Gasteiger partial charge is 0.383 e. The summed E-state index contributed by atoms with van der Waals surface area (Å²) in [5.74, 6) is -0.781. The number of likely N-dealkylation sites (tertiary alicyclic amines) is 1. The van der Waals surface area contributed by atoms with Gasteiger partial charge in [-0.05, 0) is 31.4 Å². The lowest BCUT2D eigenvalue weighted by Crippen LogP contribution is -2.50. The molecule has 2 atom stereocenters. The lowest BCUT2D eigenvalue weighted by molar-refractivity contribution is -0.137. The molecular formula is C18H25FN2O3. The monoisotopic (exact) mass is 336 g/mol. The first kappa shape index (κ1) is 18.4. The molecule has 0 spiro atoms. The number of ether oxygens (including phenoxy) is 1. The lowest BCUT2D eigenvalue weighted by Gasteiger charge is -2.37. The summed E-state index contributed by atoms with van der Waals surface area (Å²) in [6.45, 7) is 3.28. The Morgan fingerprint density at radius 1 is 1.33 bits per heavy atom. The van der Waals surface area contributed by atoms with Crippen LogP contribution in [0.3, 0.4) is 0 Å². The molecule has 1 aliphatic heterocycles. The number of carbonyl (C=O) groups is 2. The summed E-state index contributed by atoms with van der Waals surface area (Å²) >= 11 is 0. The Labute approximate surface area is 142 Å². The lowest BCUT2D eigenvalue weighted by atomic mass is 9.92. The number of hydrogen-bond donors (Lipinski definition) is 1. The Morgan fingerprint density at radius 3 is 2.79 bits per heavy atom. The molecule has 1 aliphatic rings. The highest BCUT2D eigenvalue weighted by atomic mass is 19.1. The van der Waals surface area contributed by atoms with Crippen LogP contribution in [0.1, 0.15) is 25.3 Å². The minimum absolute atomic E-state index is 0.0228. The molecule has 1 aromatic rings. The van der Waals surface area contributed by atoms with Crippen LogP contribution >= 0.6 is 0 Å². The van der Waals surface area contributed by atoms with Crippen molar-refractivity contribution in [3.63, 3.8) is 0 Å². The average molecular weight is 336 g/mol. The van der Waals surface area contributed by atoms with Gasteiger partial charge in [0.1, 0.15) is 5.82 Å². The van der Waals surface area contributed by atoms with E-state index in [-0.39, 0.29) is 36.0 Å². The van der Waals surface area contributed by atoms with Crippen LogP contribution in [-0.4, -0.2) is 49.6 Å². The molecule has 0 radical (unpaired) electrons. The van der Waals surface area contributed by atoms with E-state index in [1.807, 2.05) is 6.92 Å². The second-order valence-corrected chi connectivity index (χ2v) is 6.22. The van der Waals surface area contributed by atoms with Gasteiger partial charge < -0.3 is 15.0 Å². The summed E-state index contributed by atoms with van der Waals surface area (Å²) < 4.78 is 18.7. The van der Waals surface area contributed by atoms with E-state index in [9.17, 15) is 14.0 Å². The van der Waals surface area contributed by atoms with E-state index in [0.717, 1.165) is 12.8 Å². The second kappa shape index (κ2) is 8.78. The average Bonchev–Trinajstić information content (AvgIpc) is 2.57. The predicted molar refractivity (Wildman–Crippen MR) is 88.9 cm³/mol. The van der Waals surface area contributed by atoms with Crippen molar-refractivity contribution >= 4 is 11.8 Å². The van der Waals surface area contributed by atoms with Gasteiger partial charge >= 0.3 is 0 Å². The highest BCUT2D eigenvalue weighted by Gasteiger charge is 2.32. The summed E-state index contributed by atoms with van der Waals surface area (Å²) in [7, 11) is 1.58. The SMILES string of the molecule is COCCNC(=O)[C@@H]1CC[C@H](C)N(C(=O)Cc2ccccc2F)C1. The van der Waals surface area contributed by atoms with Crippen molar-refractivity contribution in [3.05, 3.63) is 35.6 Å². The number of piperidine rings is 1. The quantitative estimate of drug-likeness (QED) is 0.806. The van der Waals surface area contributed by atoms with E-state index in [1.165, 1.54) is 6.07 Å². The number of nitrogens with zero attached hydrogens (tertiary/aromatic N) is 1. The molecule has 132 valence electrons. The van der Waals surface area contributed by atoms with Gasteiger partial charge in [-0.2, -0.15) is 0 Å². The zero-order valence-electron chi connectivity index (χ0n) is 14.3. The summed E-state index contributed by atoms with van der Waals surface area (Å²) in [4.78, 5) is 26.5. The Kier molecular flexibility index (Phi) is 6.73. The van der Waals surface area contributed by atoms with E-state index < -0.39 is 0 Å². The molecule has 0 aromatic heterocycles. The molecule has 1 heterocycles. The number of methoxy groups -OCH3 is 1. The first-order valence-corrected chi connectivity index (χ1v) is 8.32. The van der Waals surface area contributed by atoms with Crippen LogP contribution < -0.4 is 5.32 Å². The first-order chi connectivity index (χ1) is 11.5. The van der Waals surface area contributed by atoms with Crippen LogP contribution in [0.4, 0.5) is 4.39 Å². The molecule has 6 heteroatoms. The van der Waals surface area contributed by atoms with E-state index in [0.29, 0.717) is 25.3 Å². The molecule has 1 saturated heterocycles. The topological polar surface area (TPSA) is 58.6 Å². The van der Waals surface area contributed by atoms with Crippen LogP contribution in [0.25, 0.3) is 0 Å². The molecule has 1 N–H and O–H groups in total. The molecule has 5 nitrogen and oxygen atoms in total. The molecule has 1 fully saturated rings. The Bertz CT molecular complexity index is 579. The van der Waals surface area contributed by atoms with Gasteiger partial charge in [-0.3, -0.25) is 9.59 Å². The normalized spacial score (nSPS) is 20.7. The Balaban J connectivity index is 1.96. The molecule has 1 aromatic carbocycles. The molecular weight excluding hydrogens is 311 g/mol. The second-order valence-electron chi connectivity index (χ2n) is 6.22. The van der Waals surface area contributed by atoms with Gasteiger partial charge in [0.2, 0.25) is 11.8 Å². The van der Waals surface area contributed by atoms with Gasteiger partial charge in [-0.25, -0.2) is 4.39 Å². The van der Waals surface area contributed by atoms with Crippen molar-refractivity contribution in [1.82, 2.24) is 10.2 Å². The van der Waals surface area contributed by atoms with Crippen molar-refractivity contribution < 1.29 is 18.7 Å². The van der Waals surface area contributed by atoms with Crippen molar-refractivity contribution in [2.45, 2.75) is 32.2 Å². The summed E-state index contributed by atoms with van der Waals surface area (Å²) in [6.07, 6.45) is 1.55. The van der Waals surface area contributed by atoms with Crippen LogP contribution in [0.5, 0.6) is 0 Å². The number of benzene rings is 1. The smallest absolute Gasteiger partial charge is 0.227 e. The molecule has 2 rings (SSSR count). The van der Waals surface area contributed by atoms with E-state index in [2.05, 4.69) is 5.32 Å². The minimum Gasteiger partial charge on any atom is -0.383 e. The fraction of sp³-hybridized carbons (Fsp3) is 0.556. The molecule has 2 amide bonds. The zero-order chi connectivity index (χ0) is 17.5. The molecule has 0 aliphatic carbocycles. The summed E-state index contributed by atoms with van der Waals surface area (Å²) in [6, 6.07) is 6.36. The maximum absolute atomic E-state index is 13.7. The predicted octanol–water partition coefficient (Wildman–Crippen LogP) is 1.76. The molecule has 0 saturated carbocycles. The molecule has 24 heavy (non-hydrogen) atoms. The van der Waals surface area contributed by atoms with E-state index >= 15 is 0 Å². The van der Waals surface area contributed by atoms with Crippen LogP contribution in [0, 0.1) is 11.7 Å². The van der Waals surface area contributed by atoms with Crippen LogP contribution in [0.2, 0.25) is 0 Å². The standard InChI is InChI=1S/C18H25FN2O3/c1-13-7-8-15(18(23)20-9-10-24-2)12-21(13)17(22)11-14-5-3-4-6-16(14)19/h3-6,13,15H,7-12H2,1-2H3,(H,20,23)/t13-,15+/m0/s1. The number of carbonyl (C=O) groups excluding carboxylic acids is 2. The highest BCUT2D eigenvalue weighted by Crippen LogP contribution is 2.23. The van der Waals surface area contributed by atoms with E-state index in [1.54, 1.807) is 30.2 Å². The minimum atomic E-state index is -0.371. The van der Waals surface area contributed by atoms with Gasteiger partial charge in [0, 0.05) is 26.2 Å². The maximum Gasteiger partial charge on any atom is 0.227 e. The summed E-state index contributed by atoms with van der Waals surface area (Å²) in [5.41, 5.74) is 0.390. The van der Waals surface area contributed by atoms with Crippen LogP contribution in [0.15, 0.2) is 24.3 Å². The van der Waals surface area contributed by atoms with Gasteiger partial charge in [0.25, 0.3) is 0 Å². The zero-order valence-corrected chi connectivity index (χ0v) is 14.3. The van der Waals surface area contributed by atoms with Gasteiger partial charge in [-0.15, -0.1) is 0 Å². The van der Waals surface area contributed by atoms with E-state index in [4.69, 9.17) is 4.74 Å². The maximum atomic E-state index is 13.7. The van der Waals surface area contributed by atoms with Crippen molar-refractivity contribution in [2.24, 2.45) is 5.92 Å². The number of nitrogens with one attached hydrogen (secondary N) is 1.